The summed E-state index contributed by atoms with van der Waals surface area (Å²) in [6.45, 7) is 0.779. The van der Waals surface area contributed by atoms with Crippen LogP contribution in [0.25, 0.3) is 0 Å². The number of rotatable bonds is 3. The van der Waals surface area contributed by atoms with Crippen molar-refractivity contribution < 1.29 is 9.84 Å². The highest BCUT2D eigenvalue weighted by Crippen LogP contribution is 2.18. The molecule has 15 heavy (non-hydrogen) atoms. The number of hydrogen-bond donors (Lipinski definition) is 1. The van der Waals surface area contributed by atoms with E-state index in [0.717, 1.165) is 30.6 Å². The van der Waals surface area contributed by atoms with Crippen molar-refractivity contribution in [2.75, 3.05) is 6.61 Å². The fraction of sp³-hybridized carbons (Fsp3) is 0.385. The SMILES string of the molecule is OC(Cc1ccccc1)C1=COCCC1. The van der Waals surface area contributed by atoms with Crippen molar-refractivity contribution in [3.63, 3.8) is 0 Å². The quantitative estimate of drug-likeness (QED) is 0.818. The van der Waals surface area contributed by atoms with Gasteiger partial charge in [-0.05, 0) is 24.0 Å². The van der Waals surface area contributed by atoms with Gasteiger partial charge >= 0.3 is 0 Å². The monoisotopic (exact) mass is 204 g/mol. The molecule has 1 unspecified atom stereocenters. The van der Waals surface area contributed by atoms with Gasteiger partial charge in [-0.3, -0.25) is 0 Å². The minimum Gasteiger partial charge on any atom is -0.501 e. The van der Waals surface area contributed by atoms with Gasteiger partial charge in [-0.25, -0.2) is 0 Å². The summed E-state index contributed by atoms with van der Waals surface area (Å²) in [5, 5.41) is 9.98. The molecule has 1 heterocycles. The Bertz CT molecular complexity index is 330. The van der Waals surface area contributed by atoms with Gasteiger partial charge in [-0.1, -0.05) is 30.3 Å². The second kappa shape index (κ2) is 4.99. The number of benzene rings is 1. The van der Waals surface area contributed by atoms with Crippen LogP contribution in [0.3, 0.4) is 0 Å². The number of aliphatic hydroxyl groups excluding tert-OH is 1. The second-order valence-electron chi connectivity index (χ2n) is 3.87. The molecule has 1 aromatic rings. The fourth-order valence-electron chi connectivity index (χ4n) is 1.80. The lowest BCUT2D eigenvalue weighted by atomic mass is 9.98. The minimum absolute atomic E-state index is 0.396. The van der Waals surface area contributed by atoms with Crippen LogP contribution >= 0.6 is 0 Å². The van der Waals surface area contributed by atoms with Gasteiger partial charge in [-0.2, -0.15) is 0 Å². The van der Waals surface area contributed by atoms with Gasteiger partial charge < -0.3 is 9.84 Å². The maximum atomic E-state index is 9.98. The Morgan fingerprint density at radius 2 is 2.07 bits per heavy atom. The predicted molar refractivity (Wildman–Crippen MR) is 59.4 cm³/mol. The molecular formula is C13H16O2. The second-order valence-corrected chi connectivity index (χ2v) is 3.87. The zero-order chi connectivity index (χ0) is 10.5. The molecule has 0 spiro atoms. The first-order valence-electron chi connectivity index (χ1n) is 5.39. The van der Waals surface area contributed by atoms with Crippen LogP contribution in [0.15, 0.2) is 42.2 Å². The highest BCUT2D eigenvalue weighted by atomic mass is 16.5. The summed E-state index contributed by atoms with van der Waals surface area (Å²) in [4.78, 5) is 0. The molecule has 1 aromatic carbocycles. The molecule has 0 radical (unpaired) electrons. The van der Waals surface area contributed by atoms with Crippen molar-refractivity contribution in [1.82, 2.24) is 0 Å². The Morgan fingerprint density at radius 1 is 1.27 bits per heavy atom. The molecule has 1 N–H and O–H groups in total. The van der Waals surface area contributed by atoms with Gasteiger partial charge in [0.05, 0.1) is 19.0 Å². The minimum atomic E-state index is -0.396. The molecule has 1 atom stereocenters. The van der Waals surface area contributed by atoms with E-state index in [4.69, 9.17) is 4.74 Å². The van der Waals surface area contributed by atoms with Gasteiger partial charge in [0.25, 0.3) is 0 Å². The van der Waals surface area contributed by atoms with E-state index in [1.165, 1.54) is 0 Å². The molecule has 2 nitrogen and oxygen atoms in total. The van der Waals surface area contributed by atoms with Crippen molar-refractivity contribution >= 4 is 0 Å². The molecule has 2 rings (SSSR count). The van der Waals surface area contributed by atoms with E-state index in [1.807, 2.05) is 30.3 Å². The first-order chi connectivity index (χ1) is 7.36. The molecule has 0 aliphatic carbocycles. The molecule has 0 aromatic heterocycles. The molecular weight excluding hydrogens is 188 g/mol. The van der Waals surface area contributed by atoms with Crippen molar-refractivity contribution in [1.29, 1.82) is 0 Å². The van der Waals surface area contributed by atoms with E-state index in [9.17, 15) is 5.11 Å². The van der Waals surface area contributed by atoms with E-state index < -0.39 is 6.10 Å². The molecule has 80 valence electrons. The molecule has 2 heteroatoms. The summed E-state index contributed by atoms with van der Waals surface area (Å²) in [6, 6.07) is 10.0. The summed E-state index contributed by atoms with van der Waals surface area (Å²) in [5.74, 6) is 0. The Labute approximate surface area is 90.2 Å². The maximum Gasteiger partial charge on any atom is 0.0876 e. The first-order valence-corrected chi connectivity index (χ1v) is 5.39. The van der Waals surface area contributed by atoms with Crippen molar-refractivity contribution in [2.45, 2.75) is 25.4 Å². The lowest BCUT2D eigenvalue weighted by molar-refractivity contribution is 0.169. The Morgan fingerprint density at radius 3 is 2.73 bits per heavy atom. The molecule has 0 bridgehead atoms. The van der Waals surface area contributed by atoms with Crippen LogP contribution in [0.1, 0.15) is 18.4 Å². The van der Waals surface area contributed by atoms with Crippen LogP contribution in [0.4, 0.5) is 0 Å². The largest absolute Gasteiger partial charge is 0.501 e. The molecule has 0 fully saturated rings. The van der Waals surface area contributed by atoms with Crippen LogP contribution in [-0.2, 0) is 11.2 Å². The molecule has 1 aliphatic rings. The highest BCUT2D eigenvalue weighted by Gasteiger charge is 2.14. The summed E-state index contributed by atoms with van der Waals surface area (Å²) in [5.41, 5.74) is 2.18. The van der Waals surface area contributed by atoms with Gasteiger partial charge in [0, 0.05) is 6.42 Å². The van der Waals surface area contributed by atoms with Crippen LogP contribution in [0.2, 0.25) is 0 Å². The molecule has 0 saturated carbocycles. The summed E-state index contributed by atoms with van der Waals surface area (Å²) < 4.78 is 5.22. The Kier molecular flexibility index (Phi) is 3.41. The smallest absolute Gasteiger partial charge is 0.0876 e. The lowest BCUT2D eigenvalue weighted by Crippen LogP contribution is -2.17. The van der Waals surface area contributed by atoms with Crippen molar-refractivity contribution in [2.24, 2.45) is 0 Å². The predicted octanol–water partition coefficient (Wildman–Crippen LogP) is 2.28. The normalized spacial score (nSPS) is 17.8. The van der Waals surface area contributed by atoms with E-state index in [-0.39, 0.29) is 0 Å². The lowest BCUT2D eigenvalue weighted by Gasteiger charge is -2.18. The maximum absolute atomic E-state index is 9.98. The zero-order valence-electron chi connectivity index (χ0n) is 8.73. The summed E-state index contributed by atoms with van der Waals surface area (Å²) in [6.07, 6.45) is 3.96. The number of aliphatic hydroxyl groups is 1. The van der Waals surface area contributed by atoms with E-state index in [2.05, 4.69) is 0 Å². The summed E-state index contributed by atoms with van der Waals surface area (Å²) >= 11 is 0. The summed E-state index contributed by atoms with van der Waals surface area (Å²) in [7, 11) is 0. The Hall–Kier alpha value is -1.28. The van der Waals surface area contributed by atoms with Crippen molar-refractivity contribution in [3.8, 4) is 0 Å². The van der Waals surface area contributed by atoms with Gasteiger partial charge in [0.15, 0.2) is 0 Å². The highest BCUT2D eigenvalue weighted by molar-refractivity contribution is 5.19. The Balaban J connectivity index is 1.97. The van der Waals surface area contributed by atoms with Crippen molar-refractivity contribution in [3.05, 3.63) is 47.7 Å². The van der Waals surface area contributed by atoms with Crippen LogP contribution in [0.5, 0.6) is 0 Å². The molecule has 1 aliphatic heterocycles. The van der Waals surface area contributed by atoms with E-state index in [1.54, 1.807) is 6.26 Å². The van der Waals surface area contributed by atoms with E-state index in [0.29, 0.717) is 6.42 Å². The van der Waals surface area contributed by atoms with Gasteiger partial charge in [0.2, 0.25) is 0 Å². The van der Waals surface area contributed by atoms with Crippen LogP contribution in [-0.4, -0.2) is 17.8 Å². The third-order valence-electron chi connectivity index (χ3n) is 2.66. The van der Waals surface area contributed by atoms with Gasteiger partial charge in [0.1, 0.15) is 0 Å². The van der Waals surface area contributed by atoms with Gasteiger partial charge in [-0.15, -0.1) is 0 Å². The number of ether oxygens (including phenoxy) is 1. The first kappa shape index (κ1) is 10.2. The third kappa shape index (κ3) is 2.83. The third-order valence-corrected chi connectivity index (χ3v) is 2.66. The molecule has 0 saturated heterocycles. The number of hydrogen-bond acceptors (Lipinski definition) is 2. The topological polar surface area (TPSA) is 29.5 Å². The van der Waals surface area contributed by atoms with Crippen LogP contribution < -0.4 is 0 Å². The average molecular weight is 204 g/mol. The molecule has 0 amide bonds. The average Bonchev–Trinajstić information content (AvgIpc) is 2.31. The standard InChI is InChI=1S/C13H16O2/c14-13(12-7-4-8-15-10-12)9-11-5-2-1-3-6-11/h1-3,5-6,10,13-14H,4,7-9H2. The fourth-order valence-corrected chi connectivity index (χ4v) is 1.80. The zero-order valence-corrected chi connectivity index (χ0v) is 8.73. The van der Waals surface area contributed by atoms with E-state index >= 15 is 0 Å². The van der Waals surface area contributed by atoms with Crippen LogP contribution in [0, 0.1) is 0 Å².